The highest BCUT2D eigenvalue weighted by molar-refractivity contribution is 7.09. The molecule has 1 atom stereocenters. The van der Waals surface area contributed by atoms with Gasteiger partial charge in [0.05, 0.1) is 23.9 Å². The molecule has 6 nitrogen and oxygen atoms in total. The minimum Gasteiger partial charge on any atom is -0.458 e. The summed E-state index contributed by atoms with van der Waals surface area (Å²) in [5.41, 5.74) is 0.473. The molecule has 22 heavy (non-hydrogen) atoms. The first-order valence-corrected chi connectivity index (χ1v) is 7.85. The highest BCUT2D eigenvalue weighted by Crippen LogP contribution is 2.18. The predicted octanol–water partition coefficient (Wildman–Crippen LogP) is 2.06. The van der Waals surface area contributed by atoms with Crippen LogP contribution < -0.4 is 4.74 Å². The van der Waals surface area contributed by atoms with E-state index in [1.165, 1.54) is 11.3 Å². The van der Waals surface area contributed by atoms with E-state index in [1.807, 2.05) is 6.92 Å². The minimum absolute atomic E-state index is 0.0855. The van der Waals surface area contributed by atoms with Crippen LogP contribution in [0.15, 0.2) is 17.8 Å². The van der Waals surface area contributed by atoms with Gasteiger partial charge in [-0.05, 0) is 19.8 Å². The predicted molar refractivity (Wildman–Crippen MR) is 78.4 cm³/mol. The third-order valence-electron chi connectivity index (χ3n) is 3.37. The molecular weight excluding hydrogens is 307 g/mol. The molecule has 0 spiro atoms. The van der Waals surface area contributed by atoms with E-state index in [9.17, 15) is 9.18 Å². The Kier molecular flexibility index (Phi) is 4.28. The molecule has 1 amide bonds. The average Bonchev–Trinajstić information content (AvgIpc) is 2.96. The van der Waals surface area contributed by atoms with Gasteiger partial charge < -0.3 is 9.64 Å². The van der Waals surface area contributed by atoms with Crippen LogP contribution in [0.5, 0.6) is 6.01 Å². The van der Waals surface area contributed by atoms with Crippen molar-refractivity contribution in [3.63, 3.8) is 0 Å². The summed E-state index contributed by atoms with van der Waals surface area (Å²) in [5.74, 6) is -0.593. The Bertz CT molecular complexity index is 661. The van der Waals surface area contributed by atoms with Gasteiger partial charge in [0.1, 0.15) is 11.8 Å². The number of halogens is 1. The fourth-order valence-corrected chi connectivity index (χ4v) is 2.94. The third kappa shape index (κ3) is 3.38. The Hall–Kier alpha value is -2.09. The van der Waals surface area contributed by atoms with E-state index in [0.717, 1.165) is 30.2 Å². The quantitative estimate of drug-likeness (QED) is 0.865. The zero-order valence-electron chi connectivity index (χ0n) is 12.0. The molecule has 1 aliphatic rings. The highest BCUT2D eigenvalue weighted by Gasteiger charge is 2.27. The molecule has 0 saturated carbocycles. The molecule has 3 heterocycles. The van der Waals surface area contributed by atoms with Gasteiger partial charge in [0.2, 0.25) is 0 Å². The highest BCUT2D eigenvalue weighted by atomic mass is 32.1. The molecule has 2 aromatic rings. The molecule has 1 fully saturated rings. The monoisotopic (exact) mass is 322 g/mol. The molecule has 1 saturated heterocycles. The number of hydrogen-bond acceptors (Lipinski definition) is 6. The summed E-state index contributed by atoms with van der Waals surface area (Å²) in [6, 6.07) is 0.130. The number of thiazole rings is 1. The van der Waals surface area contributed by atoms with Gasteiger partial charge in [0.15, 0.2) is 5.82 Å². The summed E-state index contributed by atoms with van der Waals surface area (Å²) >= 11 is 1.46. The lowest BCUT2D eigenvalue weighted by atomic mass is 10.1. The lowest BCUT2D eigenvalue weighted by molar-refractivity contribution is 0.0511. The Morgan fingerprint density at radius 3 is 2.91 bits per heavy atom. The molecular formula is C14H15FN4O2S. The van der Waals surface area contributed by atoms with E-state index >= 15 is 0 Å². The molecule has 1 aliphatic heterocycles. The van der Waals surface area contributed by atoms with Gasteiger partial charge >= 0.3 is 6.01 Å². The van der Waals surface area contributed by atoms with Crippen molar-refractivity contribution in [1.82, 2.24) is 19.9 Å². The van der Waals surface area contributed by atoms with Crippen molar-refractivity contribution >= 4 is 17.2 Å². The van der Waals surface area contributed by atoms with Crippen molar-refractivity contribution < 1.29 is 13.9 Å². The fraction of sp³-hybridized carbons (Fsp3) is 0.429. The number of nitrogens with zero attached hydrogens (tertiary/aromatic N) is 4. The van der Waals surface area contributed by atoms with Crippen LogP contribution in [0.1, 0.15) is 28.3 Å². The van der Waals surface area contributed by atoms with Crippen molar-refractivity contribution in [3.8, 4) is 6.01 Å². The van der Waals surface area contributed by atoms with Crippen molar-refractivity contribution in [2.24, 2.45) is 0 Å². The summed E-state index contributed by atoms with van der Waals surface area (Å²) in [4.78, 5) is 25.9. The molecule has 8 heteroatoms. The zero-order valence-corrected chi connectivity index (χ0v) is 12.8. The van der Waals surface area contributed by atoms with Gasteiger partial charge in [-0.3, -0.25) is 4.79 Å². The van der Waals surface area contributed by atoms with Crippen LogP contribution in [-0.2, 0) is 0 Å². The van der Waals surface area contributed by atoms with Crippen LogP contribution in [0, 0.1) is 12.7 Å². The number of likely N-dealkylation sites (tertiary alicyclic amines) is 1. The van der Waals surface area contributed by atoms with Gasteiger partial charge in [0.25, 0.3) is 5.91 Å². The van der Waals surface area contributed by atoms with Gasteiger partial charge in [-0.2, -0.15) is 0 Å². The molecule has 3 rings (SSSR count). The van der Waals surface area contributed by atoms with E-state index in [4.69, 9.17) is 4.74 Å². The number of carbonyl (C=O) groups is 1. The van der Waals surface area contributed by atoms with Gasteiger partial charge in [0, 0.05) is 11.9 Å². The standard InChI is InChI=1S/C14H15FN4O2S/c1-9-18-12(8-22-9)13(20)19-4-2-3-11(7-19)21-14-16-5-10(15)6-17-14/h5-6,8,11H,2-4,7H2,1H3. The van der Waals surface area contributed by atoms with Crippen molar-refractivity contribution in [2.45, 2.75) is 25.9 Å². The molecule has 0 N–H and O–H groups in total. The van der Waals surface area contributed by atoms with Gasteiger partial charge in [-0.15, -0.1) is 11.3 Å². The molecule has 0 aliphatic carbocycles. The first-order chi connectivity index (χ1) is 10.6. The number of piperidine rings is 1. The third-order valence-corrected chi connectivity index (χ3v) is 4.15. The van der Waals surface area contributed by atoms with Gasteiger partial charge in [-0.1, -0.05) is 0 Å². The summed E-state index contributed by atoms with van der Waals surface area (Å²) in [5, 5.41) is 2.64. The summed E-state index contributed by atoms with van der Waals surface area (Å²) in [6.07, 6.45) is 3.57. The van der Waals surface area contributed by atoms with E-state index in [0.29, 0.717) is 18.8 Å². The molecule has 1 unspecified atom stereocenters. The number of amides is 1. The summed E-state index contributed by atoms with van der Waals surface area (Å²) < 4.78 is 18.4. The normalized spacial score (nSPS) is 18.3. The minimum atomic E-state index is -0.508. The second kappa shape index (κ2) is 6.35. The van der Waals surface area contributed by atoms with E-state index < -0.39 is 5.82 Å². The summed E-state index contributed by atoms with van der Waals surface area (Å²) in [6.45, 7) is 3.01. The SMILES string of the molecule is Cc1nc(C(=O)N2CCCC(Oc3ncc(F)cn3)C2)cs1. The number of aryl methyl sites for hydroxylation is 1. The van der Waals surface area contributed by atoms with Crippen LogP contribution in [0.4, 0.5) is 4.39 Å². The first kappa shape index (κ1) is 14.8. The number of rotatable bonds is 3. The summed E-state index contributed by atoms with van der Waals surface area (Å²) in [7, 11) is 0. The average molecular weight is 322 g/mol. The van der Waals surface area contributed by atoms with Crippen molar-refractivity contribution in [3.05, 3.63) is 34.3 Å². The molecule has 0 aromatic carbocycles. The zero-order chi connectivity index (χ0) is 15.5. The van der Waals surface area contributed by atoms with Crippen LogP contribution in [0.25, 0.3) is 0 Å². The second-order valence-electron chi connectivity index (χ2n) is 5.07. The van der Waals surface area contributed by atoms with Crippen LogP contribution in [0.3, 0.4) is 0 Å². The van der Waals surface area contributed by atoms with E-state index in [-0.39, 0.29) is 18.0 Å². The van der Waals surface area contributed by atoms with E-state index in [2.05, 4.69) is 15.0 Å². The number of hydrogen-bond donors (Lipinski definition) is 0. The Morgan fingerprint density at radius 2 is 2.23 bits per heavy atom. The van der Waals surface area contributed by atoms with Gasteiger partial charge in [-0.25, -0.2) is 19.3 Å². The number of aromatic nitrogens is 3. The Balaban J connectivity index is 1.63. The van der Waals surface area contributed by atoms with Crippen LogP contribution in [0.2, 0.25) is 0 Å². The second-order valence-corrected chi connectivity index (χ2v) is 6.13. The Labute approximate surface area is 131 Å². The lowest BCUT2D eigenvalue weighted by Crippen LogP contribution is -2.44. The Morgan fingerprint density at radius 1 is 1.45 bits per heavy atom. The maximum absolute atomic E-state index is 12.8. The first-order valence-electron chi connectivity index (χ1n) is 6.97. The smallest absolute Gasteiger partial charge is 0.316 e. The van der Waals surface area contributed by atoms with Crippen molar-refractivity contribution in [2.75, 3.05) is 13.1 Å². The molecule has 116 valence electrons. The van der Waals surface area contributed by atoms with Crippen molar-refractivity contribution in [1.29, 1.82) is 0 Å². The van der Waals surface area contributed by atoms with Crippen LogP contribution in [-0.4, -0.2) is 45.0 Å². The number of carbonyl (C=O) groups excluding carboxylic acids is 1. The lowest BCUT2D eigenvalue weighted by Gasteiger charge is -2.31. The maximum Gasteiger partial charge on any atom is 0.316 e. The molecule has 2 aromatic heterocycles. The molecule has 0 radical (unpaired) electrons. The fourth-order valence-electron chi connectivity index (χ4n) is 2.35. The largest absolute Gasteiger partial charge is 0.458 e. The van der Waals surface area contributed by atoms with E-state index in [1.54, 1.807) is 10.3 Å². The topological polar surface area (TPSA) is 68.2 Å². The number of ether oxygens (including phenoxy) is 1. The maximum atomic E-state index is 12.8. The van der Waals surface area contributed by atoms with Crippen LogP contribution >= 0.6 is 11.3 Å². The molecule has 0 bridgehead atoms.